The Morgan fingerprint density at radius 3 is 1.31 bits per heavy atom. The first-order valence-electron chi connectivity index (χ1n) is 26.8. The van der Waals surface area contributed by atoms with Crippen LogP contribution in [0.25, 0.3) is 0 Å². The van der Waals surface area contributed by atoms with Crippen molar-refractivity contribution in [3.8, 4) is 0 Å². The largest absolute Gasteiger partial charge is 0.462 e. The molecule has 3 N–H and O–H groups in total. The third-order valence-corrected chi connectivity index (χ3v) is 11.7. The van der Waals surface area contributed by atoms with Gasteiger partial charge in [-0.2, -0.15) is 0 Å². The van der Waals surface area contributed by atoms with Gasteiger partial charge in [-0.3, -0.25) is 9.59 Å². The normalized spacial score (nSPS) is 13.9. The van der Waals surface area contributed by atoms with Gasteiger partial charge in [0.2, 0.25) is 5.91 Å². The molecular formula is C58H101NO5. The first kappa shape index (κ1) is 61.0. The van der Waals surface area contributed by atoms with Gasteiger partial charge in [0, 0.05) is 6.42 Å². The Morgan fingerprint density at radius 1 is 0.469 bits per heavy atom. The fourth-order valence-corrected chi connectivity index (χ4v) is 7.69. The van der Waals surface area contributed by atoms with Gasteiger partial charge in [-0.25, -0.2) is 0 Å². The highest BCUT2D eigenvalue weighted by atomic mass is 16.5. The van der Waals surface area contributed by atoms with E-state index in [0.717, 1.165) is 77.0 Å². The number of carbonyl (C=O) groups is 2. The molecule has 0 aromatic heterocycles. The number of aliphatic hydroxyl groups excluding tert-OH is 2. The lowest BCUT2D eigenvalue weighted by Crippen LogP contribution is -2.46. The molecule has 1 amide bonds. The lowest BCUT2D eigenvalue weighted by atomic mass is 10.0. The number of amides is 1. The third kappa shape index (κ3) is 45.6. The van der Waals surface area contributed by atoms with Gasteiger partial charge in [-0.1, -0.05) is 234 Å². The fraction of sp³-hybridized carbons (Fsp3) is 0.724. The van der Waals surface area contributed by atoms with E-state index in [9.17, 15) is 19.8 Å². The molecule has 0 bridgehead atoms. The van der Waals surface area contributed by atoms with E-state index in [4.69, 9.17) is 4.74 Å². The van der Waals surface area contributed by atoms with Crippen LogP contribution < -0.4 is 5.32 Å². The second-order valence-electron chi connectivity index (χ2n) is 17.9. The summed E-state index contributed by atoms with van der Waals surface area (Å²) >= 11 is 0. The van der Waals surface area contributed by atoms with E-state index in [-0.39, 0.29) is 31.3 Å². The van der Waals surface area contributed by atoms with Crippen LogP contribution in [-0.2, 0) is 14.3 Å². The molecule has 3 unspecified atom stereocenters. The molecule has 0 aliphatic heterocycles. The van der Waals surface area contributed by atoms with Gasteiger partial charge in [0.05, 0.1) is 25.2 Å². The third-order valence-electron chi connectivity index (χ3n) is 11.7. The lowest BCUT2D eigenvalue weighted by molar-refractivity contribution is -0.150. The van der Waals surface area contributed by atoms with Gasteiger partial charge in [0.1, 0.15) is 6.10 Å². The second kappa shape index (κ2) is 51.0. The number of allylic oxidation sites excluding steroid dienone is 14. The molecule has 0 aromatic rings. The average molecular weight is 892 g/mol. The minimum Gasteiger partial charge on any atom is -0.462 e. The van der Waals surface area contributed by atoms with Gasteiger partial charge in [-0.15, -0.1) is 0 Å². The number of hydrogen-bond donors (Lipinski definition) is 3. The van der Waals surface area contributed by atoms with Crippen molar-refractivity contribution in [2.75, 3.05) is 6.61 Å². The average Bonchev–Trinajstić information content (AvgIpc) is 3.29. The van der Waals surface area contributed by atoms with Crippen molar-refractivity contribution in [3.05, 3.63) is 85.1 Å². The smallest absolute Gasteiger partial charge is 0.306 e. The minimum atomic E-state index is -0.810. The van der Waals surface area contributed by atoms with Crippen LogP contribution in [0.5, 0.6) is 0 Å². The predicted octanol–water partition coefficient (Wildman–Crippen LogP) is 16.3. The van der Waals surface area contributed by atoms with Crippen LogP contribution in [0.2, 0.25) is 0 Å². The highest BCUT2D eigenvalue weighted by Gasteiger charge is 2.24. The fourth-order valence-electron chi connectivity index (χ4n) is 7.69. The first-order valence-corrected chi connectivity index (χ1v) is 26.8. The molecule has 6 heteroatoms. The van der Waals surface area contributed by atoms with Crippen LogP contribution >= 0.6 is 0 Å². The maximum absolute atomic E-state index is 13.2. The Kier molecular flexibility index (Phi) is 48.7. The first-order chi connectivity index (χ1) is 31.5. The van der Waals surface area contributed by atoms with Crippen LogP contribution in [0, 0.1) is 0 Å². The summed E-state index contributed by atoms with van der Waals surface area (Å²) in [5.41, 5.74) is 0. The van der Waals surface area contributed by atoms with Crippen LogP contribution in [0.1, 0.15) is 245 Å². The Labute approximate surface area is 395 Å². The van der Waals surface area contributed by atoms with Crippen LogP contribution in [0.15, 0.2) is 85.1 Å². The summed E-state index contributed by atoms with van der Waals surface area (Å²) in [5.74, 6) is -0.605. The summed E-state index contributed by atoms with van der Waals surface area (Å²) in [6, 6.07) is -0.728. The van der Waals surface area contributed by atoms with Crippen LogP contribution in [-0.4, -0.2) is 46.9 Å². The minimum absolute atomic E-state index is 0.0233. The van der Waals surface area contributed by atoms with E-state index in [1.54, 1.807) is 0 Å². The van der Waals surface area contributed by atoms with Gasteiger partial charge in [0.25, 0.3) is 0 Å². The summed E-state index contributed by atoms with van der Waals surface area (Å²) in [7, 11) is 0. The van der Waals surface area contributed by atoms with Crippen molar-refractivity contribution in [1.29, 1.82) is 0 Å². The Balaban J connectivity index is 4.68. The SMILES string of the molecule is CC/C=C\C/C=C\C/C=C\C/C=C\C/C=C\C/C=C\CCC(=O)OC(CCC/C=C\CCCCCCCCC)CC(=O)NC(CO)C(O)CCCCCCCCCCCCCCCC. The van der Waals surface area contributed by atoms with Crippen molar-refractivity contribution in [2.45, 2.75) is 264 Å². The molecular weight excluding hydrogens is 791 g/mol. The van der Waals surface area contributed by atoms with Crippen LogP contribution in [0.3, 0.4) is 0 Å². The van der Waals surface area contributed by atoms with E-state index >= 15 is 0 Å². The highest BCUT2D eigenvalue weighted by molar-refractivity contribution is 5.77. The molecule has 0 spiro atoms. The maximum atomic E-state index is 13.2. The highest BCUT2D eigenvalue weighted by Crippen LogP contribution is 2.17. The summed E-state index contributed by atoms with van der Waals surface area (Å²) in [6.07, 6.45) is 66.6. The number of unbranched alkanes of at least 4 members (excludes halogenated alkanes) is 21. The molecule has 64 heavy (non-hydrogen) atoms. The quantitative estimate of drug-likeness (QED) is 0.0321. The van der Waals surface area contributed by atoms with Gasteiger partial charge in [0.15, 0.2) is 0 Å². The monoisotopic (exact) mass is 892 g/mol. The van der Waals surface area contributed by atoms with Gasteiger partial charge < -0.3 is 20.3 Å². The number of hydrogen-bond acceptors (Lipinski definition) is 5. The van der Waals surface area contributed by atoms with E-state index in [2.05, 4.69) is 105 Å². The number of nitrogens with one attached hydrogen (secondary N) is 1. The number of aliphatic hydroxyl groups is 2. The zero-order chi connectivity index (χ0) is 46.7. The van der Waals surface area contributed by atoms with Crippen molar-refractivity contribution >= 4 is 11.9 Å². The summed E-state index contributed by atoms with van der Waals surface area (Å²) in [5, 5.41) is 23.8. The molecule has 0 aromatic carbocycles. The van der Waals surface area contributed by atoms with E-state index < -0.39 is 18.2 Å². The molecule has 0 heterocycles. The number of ether oxygens (including phenoxy) is 1. The van der Waals surface area contributed by atoms with Gasteiger partial charge in [-0.05, 0) is 83.5 Å². The molecule has 3 atom stereocenters. The van der Waals surface area contributed by atoms with Crippen molar-refractivity contribution < 1.29 is 24.5 Å². The maximum Gasteiger partial charge on any atom is 0.306 e. The molecule has 368 valence electrons. The van der Waals surface area contributed by atoms with E-state index in [1.165, 1.54) is 116 Å². The molecule has 0 aliphatic carbocycles. The molecule has 0 fully saturated rings. The predicted molar refractivity (Wildman–Crippen MR) is 278 cm³/mol. The topological polar surface area (TPSA) is 95.9 Å². The molecule has 0 aliphatic rings. The van der Waals surface area contributed by atoms with Gasteiger partial charge >= 0.3 is 5.97 Å². The summed E-state index contributed by atoms with van der Waals surface area (Å²) in [4.78, 5) is 26.1. The summed E-state index contributed by atoms with van der Waals surface area (Å²) < 4.78 is 5.88. The number of rotatable bonds is 47. The standard InChI is InChI=1S/C58H101NO5/c1-4-7-10-13-16-19-22-25-27-28-29-30-31-33-36-39-42-45-48-51-58(63)64-54(49-46-43-40-37-34-24-21-18-15-12-9-6-3)52-57(62)59-55(53-60)56(61)50-47-44-41-38-35-32-26-23-20-17-14-11-8-5-2/h7,10,16,19,25,27,29-30,33,36-37,40,42,45,54-56,60-61H,4-6,8-9,11-15,17-18,20-24,26,28,31-32,34-35,38-39,41,43-44,46-53H2,1-3H3,(H,59,62)/b10-7-,19-16-,27-25-,30-29-,36-33-,40-37-,45-42-. The Morgan fingerprint density at radius 2 is 0.859 bits per heavy atom. The van der Waals surface area contributed by atoms with Crippen LogP contribution in [0.4, 0.5) is 0 Å². The Bertz CT molecular complexity index is 1230. The second-order valence-corrected chi connectivity index (χ2v) is 17.9. The Hall–Kier alpha value is -2.96. The zero-order valence-electron chi connectivity index (χ0n) is 41.9. The molecule has 0 saturated heterocycles. The zero-order valence-corrected chi connectivity index (χ0v) is 41.9. The van der Waals surface area contributed by atoms with Crippen molar-refractivity contribution in [2.24, 2.45) is 0 Å². The number of carbonyl (C=O) groups excluding carboxylic acids is 2. The van der Waals surface area contributed by atoms with Crippen molar-refractivity contribution in [3.63, 3.8) is 0 Å². The van der Waals surface area contributed by atoms with E-state index in [1.807, 2.05) is 6.08 Å². The lowest BCUT2D eigenvalue weighted by Gasteiger charge is -2.24. The van der Waals surface area contributed by atoms with Crippen molar-refractivity contribution in [1.82, 2.24) is 5.32 Å². The molecule has 6 nitrogen and oxygen atoms in total. The molecule has 0 radical (unpaired) electrons. The molecule has 0 rings (SSSR count). The molecule has 0 saturated carbocycles. The van der Waals surface area contributed by atoms with E-state index in [0.29, 0.717) is 19.3 Å². The number of esters is 1. The summed E-state index contributed by atoms with van der Waals surface area (Å²) in [6.45, 7) is 6.34.